The average molecular weight is 305 g/mol. The number of nitrogens with zero attached hydrogens (tertiary/aromatic N) is 2. The van der Waals surface area contributed by atoms with Gasteiger partial charge in [0, 0.05) is 12.6 Å². The first kappa shape index (κ1) is 14.5. The van der Waals surface area contributed by atoms with Gasteiger partial charge in [-0.15, -0.1) is 0 Å². The fourth-order valence-corrected chi connectivity index (χ4v) is 3.43. The molecule has 0 radical (unpaired) electrons. The number of methoxy groups -OCH3 is 1. The van der Waals surface area contributed by atoms with Crippen LogP contribution in [0.3, 0.4) is 0 Å². The molecular weight excluding hydrogens is 284 g/mol. The third-order valence-electron chi connectivity index (χ3n) is 4.42. The Morgan fingerprint density at radius 2 is 2.00 bits per heavy atom. The molecule has 0 spiro atoms. The zero-order valence-electron chi connectivity index (χ0n) is 12.6. The van der Waals surface area contributed by atoms with Gasteiger partial charge in [0.15, 0.2) is 0 Å². The van der Waals surface area contributed by atoms with Crippen LogP contribution in [-0.2, 0) is 7.05 Å². The van der Waals surface area contributed by atoms with E-state index in [2.05, 4.69) is 17.1 Å². The van der Waals surface area contributed by atoms with Crippen molar-refractivity contribution in [2.45, 2.75) is 38.0 Å². The van der Waals surface area contributed by atoms with E-state index < -0.39 is 0 Å². The smallest absolute Gasteiger partial charge is 0.136 e. The van der Waals surface area contributed by atoms with Gasteiger partial charge in [-0.25, -0.2) is 4.98 Å². The Balaban J connectivity index is 2.08. The van der Waals surface area contributed by atoms with Crippen LogP contribution in [0.1, 0.15) is 43.6 Å². The number of aromatic nitrogens is 2. The largest absolute Gasteiger partial charge is 0.497 e. The van der Waals surface area contributed by atoms with Gasteiger partial charge in [0.2, 0.25) is 0 Å². The van der Waals surface area contributed by atoms with Crippen LogP contribution in [0.5, 0.6) is 5.75 Å². The van der Waals surface area contributed by atoms with Crippen LogP contribution in [0.2, 0.25) is 5.15 Å². The van der Waals surface area contributed by atoms with E-state index in [1.807, 2.05) is 17.7 Å². The highest BCUT2D eigenvalue weighted by Gasteiger charge is 2.22. The quantitative estimate of drug-likeness (QED) is 0.814. The van der Waals surface area contributed by atoms with Gasteiger partial charge in [0.05, 0.1) is 13.4 Å². The molecule has 2 aromatic rings. The molecule has 0 aliphatic heterocycles. The summed E-state index contributed by atoms with van der Waals surface area (Å²) >= 11 is 6.40. The third-order valence-corrected chi connectivity index (χ3v) is 4.87. The number of imidazole rings is 1. The standard InChI is InChI=1S/C17H21ClN2O/c1-20-11-19-16(17(20)18)14-9-8-13(21-2)10-15(14)12-6-4-3-5-7-12/h8-12H,3-7H2,1-2H3. The summed E-state index contributed by atoms with van der Waals surface area (Å²) in [6, 6.07) is 6.25. The molecule has 0 bridgehead atoms. The Hall–Kier alpha value is -1.48. The second-order valence-electron chi connectivity index (χ2n) is 5.78. The number of hydrogen-bond donors (Lipinski definition) is 0. The molecule has 1 aromatic carbocycles. The molecule has 1 aliphatic rings. The molecule has 112 valence electrons. The van der Waals surface area contributed by atoms with Crippen LogP contribution >= 0.6 is 11.6 Å². The van der Waals surface area contributed by atoms with E-state index in [0.717, 1.165) is 17.0 Å². The molecule has 1 fully saturated rings. The maximum Gasteiger partial charge on any atom is 0.136 e. The molecular formula is C17H21ClN2O. The normalized spacial score (nSPS) is 16.1. The fourth-order valence-electron chi connectivity index (χ4n) is 3.23. The lowest BCUT2D eigenvalue weighted by atomic mass is 9.81. The van der Waals surface area contributed by atoms with Crippen LogP contribution < -0.4 is 4.74 Å². The van der Waals surface area contributed by atoms with Crippen LogP contribution in [0.4, 0.5) is 0 Å². The van der Waals surface area contributed by atoms with E-state index in [9.17, 15) is 0 Å². The number of ether oxygens (including phenoxy) is 1. The van der Waals surface area contributed by atoms with Gasteiger partial charge in [-0.05, 0) is 42.5 Å². The summed E-state index contributed by atoms with van der Waals surface area (Å²) in [4.78, 5) is 4.49. The Kier molecular flexibility index (Phi) is 4.20. The van der Waals surface area contributed by atoms with Crippen molar-refractivity contribution in [3.8, 4) is 17.0 Å². The molecule has 1 aliphatic carbocycles. The number of rotatable bonds is 3. The molecule has 3 rings (SSSR count). The Labute approximate surface area is 130 Å². The first-order chi connectivity index (χ1) is 10.2. The van der Waals surface area contributed by atoms with E-state index in [4.69, 9.17) is 16.3 Å². The van der Waals surface area contributed by atoms with Crippen LogP contribution in [-0.4, -0.2) is 16.7 Å². The molecule has 1 heterocycles. The van der Waals surface area contributed by atoms with E-state index >= 15 is 0 Å². The van der Waals surface area contributed by atoms with Crippen molar-refractivity contribution in [1.29, 1.82) is 0 Å². The summed E-state index contributed by atoms with van der Waals surface area (Å²) in [5.74, 6) is 1.49. The number of benzene rings is 1. The van der Waals surface area contributed by atoms with Crippen molar-refractivity contribution in [3.63, 3.8) is 0 Å². The van der Waals surface area contributed by atoms with Gasteiger partial charge < -0.3 is 9.30 Å². The van der Waals surface area contributed by atoms with E-state index in [0.29, 0.717) is 11.1 Å². The summed E-state index contributed by atoms with van der Waals surface area (Å²) in [6.45, 7) is 0. The minimum Gasteiger partial charge on any atom is -0.497 e. The van der Waals surface area contributed by atoms with Crippen molar-refractivity contribution in [2.75, 3.05) is 7.11 Å². The van der Waals surface area contributed by atoms with Crippen molar-refractivity contribution in [2.24, 2.45) is 7.05 Å². The van der Waals surface area contributed by atoms with Crippen LogP contribution in [0, 0.1) is 0 Å². The Bertz CT molecular complexity index is 630. The summed E-state index contributed by atoms with van der Waals surface area (Å²) in [7, 11) is 3.63. The summed E-state index contributed by atoms with van der Waals surface area (Å²) in [6.07, 6.45) is 8.20. The predicted octanol–water partition coefficient (Wildman–Crippen LogP) is 4.80. The van der Waals surface area contributed by atoms with E-state index in [1.165, 1.54) is 37.7 Å². The predicted molar refractivity (Wildman–Crippen MR) is 86.0 cm³/mol. The fraction of sp³-hybridized carbons (Fsp3) is 0.471. The van der Waals surface area contributed by atoms with Gasteiger partial charge >= 0.3 is 0 Å². The van der Waals surface area contributed by atoms with Crippen LogP contribution in [0.15, 0.2) is 24.5 Å². The van der Waals surface area contributed by atoms with Gasteiger partial charge in [-0.2, -0.15) is 0 Å². The topological polar surface area (TPSA) is 27.1 Å². The van der Waals surface area contributed by atoms with E-state index in [-0.39, 0.29) is 0 Å². The first-order valence-electron chi connectivity index (χ1n) is 7.56. The zero-order valence-corrected chi connectivity index (χ0v) is 13.4. The van der Waals surface area contributed by atoms with Gasteiger partial charge in [-0.1, -0.05) is 30.9 Å². The third kappa shape index (κ3) is 2.80. The highest BCUT2D eigenvalue weighted by Crippen LogP contribution is 2.40. The van der Waals surface area contributed by atoms with Crippen LogP contribution in [0.25, 0.3) is 11.3 Å². The molecule has 21 heavy (non-hydrogen) atoms. The SMILES string of the molecule is COc1ccc(-c2ncn(C)c2Cl)c(C2CCCCC2)c1. The van der Waals surface area contributed by atoms with Gasteiger partial charge in [0.25, 0.3) is 0 Å². The molecule has 1 aromatic heterocycles. The Morgan fingerprint density at radius 1 is 1.24 bits per heavy atom. The lowest BCUT2D eigenvalue weighted by Crippen LogP contribution is -2.06. The zero-order chi connectivity index (χ0) is 14.8. The summed E-state index contributed by atoms with van der Waals surface area (Å²) in [5, 5.41) is 0.692. The molecule has 0 amide bonds. The average Bonchev–Trinajstić information content (AvgIpc) is 2.87. The minimum atomic E-state index is 0.585. The maximum absolute atomic E-state index is 6.40. The minimum absolute atomic E-state index is 0.585. The summed E-state index contributed by atoms with van der Waals surface area (Å²) < 4.78 is 7.27. The number of hydrogen-bond acceptors (Lipinski definition) is 2. The highest BCUT2D eigenvalue weighted by atomic mass is 35.5. The molecule has 0 N–H and O–H groups in total. The number of aryl methyl sites for hydroxylation is 1. The Morgan fingerprint density at radius 3 is 2.62 bits per heavy atom. The first-order valence-corrected chi connectivity index (χ1v) is 7.93. The molecule has 0 saturated heterocycles. The van der Waals surface area contributed by atoms with Crippen molar-refractivity contribution in [1.82, 2.24) is 9.55 Å². The summed E-state index contributed by atoms with van der Waals surface area (Å²) in [5.41, 5.74) is 3.35. The lowest BCUT2D eigenvalue weighted by Gasteiger charge is -2.24. The second kappa shape index (κ2) is 6.10. The van der Waals surface area contributed by atoms with Gasteiger partial charge in [0.1, 0.15) is 16.6 Å². The van der Waals surface area contributed by atoms with Crippen molar-refractivity contribution in [3.05, 3.63) is 35.2 Å². The molecule has 0 unspecified atom stereocenters. The maximum atomic E-state index is 6.40. The second-order valence-corrected chi connectivity index (χ2v) is 6.14. The highest BCUT2D eigenvalue weighted by molar-refractivity contribution is 6.32. The molecule has 3 nitrogen and oxygen atoms in total. The molecule has 1 saturated carbocycles. The van der Waals surface area contributed by atoms with E-state index in [1.54, 1.807) is 13.4 Å². The molecule has 0 atom stereocenters. The number of halogens is 1. The lowest BCUT2D eigenvalue weighted by molar-refractivity contribution is 0.410. The molecule has 4 heteroatoms. The van der Waals surface area contributed by atoms with Crippen molar-refractivity contribution >= 4 is 11.6 Å². The van der Waals surface area contributed by atoms with Gasteiger partial charge in [-0.3, -0.25) is 0 Å². The van der Waals surface area contributed by atoms with Crippen molar-refractivity contribution < 1.29 is 4.74 Å². The monoisotopic (exact) mass is 304 g/mol.